The van der Waals surface area contributed by atoms with E-state index in [1.54, 1.807) is 12.1 Å². The number of benzene rings is 1. The molecule has 1 aromatic carbocycles. The van der Waals surface area contributed by atoms with Gasteiger partial charge in [-0.25, -0.2) is 4.39 Å². The zero-order chi connectivity index (χ0) is 13.9. The lowest BCUT2D eigenvalue weighted by Crippen LogP contribution is -2.28. The smallest absolute Gasteiger partial charge is 0.123 e. The molecule has 1 fully saturated rings. The van der Waals surface area contributed by atoms with Gasteiger partial charge in [0.05, 0.1) is 0 Å². The largest absolute Gasteiger partial charge is 0.370 e. The predicted molar refractivity (Wildman–Crippen MR) is 82.5 cm³/mol. The molecule has 0 spiro atoms. The Morgan fingerprint density at radius 1 is 1.37 bits per heavy atom. The predicted octanol–water partition coefficient (Wildman–Crippen LogP) is 3.05. The molecule has 0 saturated carbocycles. The van der Waals surface area contributed by atoms with Gasteiger partial charge in [-0.3, -0.25) is 0 Å². The standard InChI is InChI=1S/C15H23FN2S/c1-15(2)6-8-18(9-10-19-15)14-4-3-13(16)11-12(14)5-7-17/h3-4,11H,5-10,17H2,1-2H3. The van der Waals surface area contributed by atoms with Crippen molar-refractivity contribution in [2.75, 3.05) is 30.3 Å². The molecule has 2 nitrogen and oxygen atoms in total. The number of nitrogens with zero attached hydrogens (tertiary/aromatic N) is 1. The maximum Gasteiger partial charge on any atom is 0.123 e. The molecular formula is C15H23FN2S. The van der Waals surface area contributed by atoms with E-state index < -0.39 is 0 Å². The van der Waals surface area contributed by atoms with E-state index in [1.807, 2.05) is 17.8 Å². The number of hydrogen-bond donors (Lipinski definition) is 1. The summed E-state index contributed by atoms with van der Waals surface area (Å²) >= 11 is 2.02. The van der Waals surface area contributed by atoms with Crippen molar-refractivity contribution in [2.24, 2.45) is 5.73 Å². The van der Waals surface area contributed by atoms with Crippen LogP contribution < -0.4 is 10.6 Å². The highest BCUT2D eigenvalue weighted by molar-refractivity contribution is 8.00. The van der Waals surface area contributed by atoms with Gasteiger partial charge in [0.15, 0.2) is 0 Å². The molecule has 0 bridgehead atoms. The van der Waals surface area contributed by atoms with Crippen molar-refractivity contribution >= 4 is 17.4 Å². The van der Waals surface area contributed by atoms with Crippen LogP contribution in [0.4, 0.5) is 10.1 Å². The molecule has 0 amide bonds. The normalized spacial score (nSPS) is 19.3. The van der Waals surface area contributed by atoms with Gasteiger partial charge in [-0.05, 0) is 43.1 Å². The zero-order valence-electron chi connectivity index (χ0n) is 11.8. The molecule has 0 aliphatic carbocycles. The first-order chi connectivity index (χ1) is 9.02. The molecule has 106 valence electrons. The molecule has 2 N–H and O–H groups in total. The second-order valence-corrected chi connectivity index (χ2v) is 7.46. The molecule has 19 heavy (non-hydrogen) atoms. The Kier molecular flexibility index (Phi) is 4.74. The van der Waals surface area contributed by atoms with Crippen LogP contribution in [0.2, 0.25) is 0 Å². The lowest BCUT2D eigenvalue weighted by Gasteiger charge is -2.26. The van der Waals surface area contributed by atoms with Crippen LogP contribution in [0.15, 0.2) is 18.2 Å². The number of hydrogen-bond acceptors (Lipinski definition) is 3. The van der Waals surface area contributed by atoms with Gasteiger partial charge in [0, 0.05) is 29.3 Å². The lowest BCUT2D eigenvalue weighted by molar-refractivity contribution is 0.621. The molecule has 1 heterocycles. The topological polar surface area (TPSA) is 29.3 Å². The number of thioether (sulfide) groups is 1. The average Bonchev–Trinajstić information content (AvgIpc) is 2.51. The van der Waals surface area contributed by atoms with Crippen LogP contribution in [-0.4, -0.2) is 30.1 Å². The van der Waals surface area contributed by atoms with E-state index in [1.165, 1.54) is 0 Å². The Labute approximate surface area is 119 Å². The summed E-state index contributed by atoms with van der Waals surface area (Å²) in [4.78, 5) is 2.38. The third-order valence-corrected chi connectivity index (χ3v) is 5.01. The third kappa shape index (κ3) is 3.86. The molecule has 0 unspecified atom stereocenters. The van der Waals surface area contributed by atoms with Gasteiger partial charge in [0.1, 0.15) is 5.82 Å². The Morgan fingerprint density at radius 3 is 2.89 bits per heavy atom. The van der Waals surface area contributed by atoms with Crippen molar-refractivity contribution in [3.8, 4) is 0 Å². The maximum absolute atomic E-state index is 13.4. The van der Waals surface area contributed by atoms with Gasteiger partial charge in [0.2, 0.25) is 0 Å². The molecule has 0 aromatic heterocycles. The highest BCUT2D eigenvalue weighted by Gasteiger charge is 2.24. The van der Waals surface area contributed by atoms with E-state index in [2.05, 4.69) is 18.7 Å². The molecule has 0 radical (unpaired) electrons. The maximum atomic E-state index is 13.4. The van der Waals surface area contributed by atoms with Gasteiger partial charge in [-0.2, -0.15) is 11.8 Å². The van der Waals surface area contributed by atoms with Crippen LogP contribution in [0.3, 0.4) is 0 Å². The molecule has 1 saturated heterocycles. The van der Waals surface area contributed by atoms with Crippen molar-refractivity contribution in [3.05, 3.63) is 29.6 Å². The molecule has 2 rings (SSSR count). The van der Waals surface area contributed by atoms with Gasteiger partial charge >= 0.3 is 0 Å². The van der Waals surface area contributed by atoms with Gasteiger partial charge < -0.3 is 10.6 Å². The molecule has 4 heteroatoms. The van der Waals surface area contributed by atoms with E-state index in [9.17, 15) is 4.39 Å². The summed E-state index contributed by atoms with van der Waals surface area (Å²) in [7, 11) is 0. The van der Waals surface area contributed by atoms with E-state index in [0.717, 1.165) is 42.9 Å². The number of nitrogens with two attached hydrogens (primary N) is 1. The SMILES string of the molecule is CC1(C)CCN(c2ccc(F)cc2CCN)CCS1. The van der Waals surface area contributed by atoms with E-state index >= 15 is 0 Å². The molecule has 1 aliphatic rings. The van der Waals surface area contributed by atoms with Crippen molar-refractivity contribution in [1.29, 1.82) is 0 Å². The van der Waals surface area contributed by atoms with Crippen molar-refractivity contribution in [2.45, 2.75) is 31.4 Å². The Bertz CT molecular complexity index is 434. The van der Waals surface area contributed by atoms with E-state index in [4.69, 9.17) is 5.73 Å². The molecular weight excluding hydrogens is 259 g/mol. The summed E-state index contributed by atoms with van der Waals surface area (Å²) in [5, 5.41) is 0. The quantitative estimate of drug-likeness (QED) is 0.924. The summed E-state index contributed by atoms with van der Waals surface area (Å²) in [5.74, 6) is 0.948. The van der Waals surface area contributed by atoms with Crippen molar-refractivity contribution in [1.82, 2.24) is 0 Å². The molecule has 0 atom stereocenters. The monoisotopic (exact) mass is 282 g/mol. The highest BCUT2D eigenvalue weighted by Crippen LogP contribution is 2.33. The fourth-order valence-corrected chi connectivity index (χ4v) is 3.58. The molecule has 1 aliphatic heterocycles. The first kappa shape index (κ1) is 14.7. The van der Waals surface area contributed by atoms with Crippen LogP contribution in [0.25, 0.3) is 0 Å². The minimum atomic E-state index is -0.170. The minimum Gasteiger partial charge on any atom is -0.370 e. The fourth-order valence-electron chi connectivity index (χ4n) is 2.48. The van der Waals surface area contributed by atoms with Gasteiger partial charge in [-0.1, -0.05) is 13.8 Å². The van der Waals surface area contributed by atoms with Crippen LogP contribution >= 0.6 is 11.8 Å². The minimum absolute atomic E-state index is 0.170. The van der Waals surface area contributed by atoms with Gasteiger partial charge in [-0.15, -0.1) is 0 Å². The van der Waals surface area contributed by atoms with Crippen LogP contribution in [0.5, 0.6) is 0 Å². The lowest BCUT2D eigenvalue weighted by atomic mass is 10.1. The number of rotatable bonds is 3. The van der Waals surface area contributed by atoms with Crippen LogP contribution in [-0.2, 0) is 6.42 Å². The zero-order valence-corrected chi connectivity index (χ0v) is 12.6. The van der Waals surface area contributed by atoms with Crippen LogP contribution in [0.1, 0.15) is 25.8 Å². The summed E-state index contributed by atoms with van der Waals surface area (Å²) in [5.41, 5.74) is 7.83. The number of anilines is 1. The summed E-state index contributed by atoms with van der Waals surface area (Å²) in [6.07, 6.45) is 1.89. The second-order valence-electron chi connectivity index (χ2n) is 5.66. The van der Waals surface area contributed by atoms with Crippen molar-refractivity contribution < 1.29 is 4.39 Å². The first-order valence-electron chi connectivity index (χ1n) is 6.89. The summed E-state index contributed by atoms with van der Waals surface area (Å²) in [6, 6.07) is 5.09. The van der Waals surface area contributed by atoms with E-state index in [-0.39, 0.29) is 5.82 Å². The first-order valence-corrected chi connectivity index (χ1v) is 7.88. The third-order valence-electron chi connectivity index (χ3n) is 3.63. The highest BCUT2D eigenvalue weighted by atomic mass is 32.2. The van der Waals surface area contributed by atoms with Gasteiger partial charge in [0.25, 0.3) is 0 Å². The van der Waals surface area contributed by atoms with Crippen LogP contribution in [0, 0.1) is 5.82 Å². The Balaban J connectivity index is 2.21. The Morgan fingerprint density at radius 2 is 2.16 bits per heavy atom. The molecule has 1 aromatic rings. The van der Waals surface area contributed by atoms with Crippen molar-refractivity contribution in [3.63, 3.8) is 0 Å². The Hall–Kier alpha value is -0.740. The summed E-state index contributed by atoms with van der Waals surface area (Å²) in [6.45, 7) is 7.21. The summed E-state index contributed by atoms with van der Waals surface area (Å²) < 4.78 is 13.7. The van der Waals surface area contributed by atoms with E-state index in [0.29, 0.717) is 11.3 Å². The number of halogens is 1. The second kappa shape index (κ2) is 6.14. The fraction of sp³-hybridized carbons (Fsp3) is 0.600. The average molecular weight is 282 g/mol.